The molecule has 0 aliphatic heterocycles. The Balaban J connectivity index is 2.34. The lowest BCUT2D eigenvalue weighted by molar-refractivity contribution is -0.123. The van der Waals surface area contributed by atoms with Crippen LogP contribution in [0.2, 0.25) is 0 Å². The van der Waals surface area contributed by atoms with E-state index in [2.05, 4.69) is 0 Å². The summed E-state index contributed by atoms with van der Waals surface area (Å²) in [6, 6.07) is 9.62. The number of hydrogen-bond acceptors (Lipinski definition) is 2. The van der Waals surface area contributed by atoms with E-state index in [0.29, 0.717) is 25.7 Å². The normalized spacial score (nSPS) is 9.93. The third-order valence-electron chi connectivity index (χ3n) is 2.32. The first-order valence-electron chi connectivity index (χ1n) is 5.29. The second kappa shape index (κ2) is 6.12. The van der Waals surface area contributed by atoms with Crippen molar-refractivity contribution in [3.05, 3.63) is 35.9 Å². The Labute approximate surface area is 90.3 Å². The Morgan fingerprint density at radius 3 is 2.20 bits per heavy atom. The number of rotatable bonds is 6. The zero-order chi connectivity index (χ0) is 11.1. The highest BCUT2D eigenvalue weighted by molar-refractivity contribution is 5.86. The molecule has 0 N–H and O–H groups in total. The molecule has 1 aromatic rings. The van der Waals surface area contributed by atoms with E-state index in [1.165, 1.54) is 0 Å². The number of benzene rings is 1. The van der Waals surface area contributed by atoms with Gasteiger partial charge in [-0.05, 0) is 5.56 Å². The van der Waals surface area contributed by atoms with E-state index in [1.54, 1.807) is 0 Å². The quantitative estimate of drug-likeness (QED) is 0.713. The Hall–Kier alpha value is -1.44. The van der Waals surface area contributed by atoms with Gasteiger partial charge in [-0.3, -0.25) is 9.59 Å². The van der Waals surface area contributed by atoms with Crippen LogP contribution >= 0.6 is 0 Å². The predicted molar refractivity (Wildman–Crippen MR) is 59.7 cm³/mol. The van der Waals surface area contributed by atoms with E-state index in [9.17, 15) is 9.59 Å². The van der Waals surface area contributed by atoms with Crippen molar-refractivity contribution in [2.75, 3.05) is 0 Å². The lowest BCUT2D eigenvalue weighted by Gasteiger charge is -2.00. The molecule has 0 radical (unpaired) electrons. The standard InChI is InChI=1S/C13H16O2/c1-2-12(14)8-9-13(15)10-11-6-4-3-5-7-11/h3-7H,2,8-10H2,1H3. The minimum atomic E-state index is 0.142. The lowest BCUT2D eigenvalue weighted by atomic mass is 10.0. The van der Waals surface area contributed by atoms with Crippen molar-refractivity contribution in [2.24, 2.45) is 0 Å². The van der Waals surface area contributed by atoms with E-state index in [-0.39, 0.29) is 11.6 Å². The number of carbonyl (C=O) groups excluding carboxylic acids is 2. The fourth-order valence-corrected chi connectivity index (χ4v) is 1.37. The summed E-state index contributed by atoms with van der Waals surface area (Å²) < 4.78 is 0. The van der Waals surface area contributed by atoms with Crippen LogP contribution in [-0.4, -0.2) is 11.6 Å². The summed E-state index contributed by atoms with van der Waals surface area (Å²) >= 11 is 0. The molecule has 0 saturated carbocycles. The van der Waals surface area contributed by atoms with Crippen molar-refractivity contribution in [1.82, 2.24) is 0 Å². The fraction of sp³-hybridized carbons (Fsp3) is 0.385. The van der Waals surface area contributed by atoms with Gasteiger partial charge in [0.2, 0.25) is 0 Å². The molecular weight excluding hydrogens is 188 g/mol. The molecule has 0 unspecified atom stereocenters. The molecule has 15 heavy (non-hydrogen) atoms. The fourth-order valence-electron chi connectivity index (χ4n) is 1.37. The molecule has 0 aliphatic rings. The molecule has 1 rings (SSSR count). The summed E-state index contributed by atoms with van der Waals surface area (Å²) in [5, 5.41) is 0. The molecule has 2 nitrogen and oxygen atoms in total. The maximum absolute atomic E-state index is 11.5. The van der Waals surface area contributed by atoms with Gasteiger partial charge in [0.15, 0.2) is 0 Å². The second-order valence-corrected chi connectivity index (χ2v) is 3.59. The lowest BCUT2D eigenvalue weighted by Crippen LogP contribution is -2.06. The zero-order valence-electron chi connectivity index (χ0n) is 9.03. The minimum absolute atomic E-state index is 0.142. The van der Waals surface area contributed by atoms with E-state index in [4.69, 9.17) is 0 Å². The first-order valence-corrected chi connectivity index (χ1v) is 5.29. The van der Waals surface area contributed by atoms with Gasteiger partial charge in [0, 0.05) is 25.7 Å². The van der Waals surface area contributed by atoms with Gasteiger partial charge >= 0.3 is 0 Å². The third-order valence-corrected chi connectivity index (χ3v) is 2.32. The molecule has 0 aromatic heterocycles. The number of Topliss-reactive ketones (excluding diaryl/α,β-unsaturated/α-hetero) is 2. The molecule has 0 spiro atoms. The highest BCUT2D eigenvalue weighted by Gasteiger charge is 2.06. The molecule has 0 atom stereocenters. The molecule has 0 saturated heterocycles. The number of hydrogen-bond donors (Lipinski definition) is 0. The maximum atomic E-state index is 11.5. The molecule has 0 heterocycles. The molecule has 2 heteroatoms. The highest BCUT2D eigenvalue weighted by atomic mass is 16.1. The first-order chi connectivity index (χ1) is 7.22. The molecule has 0 fully saturated rings. The third kappa shape index (κ3) is 4.54. The Morgan fingerprint density at radius 1 is 1.00 bits per heavy atom. The van der Waals surface area contributed by atoms with Gasteiger partial charge in [0.25, 0.3) is 0 Å². The van der Waals surface area contributed by atoms with Crippen LogP contribution in [0.1, 0.15) is 31.7 Å². The van der Waals surface area contributed by atoms with Crippen LogP contribution in [0.15, 0.2) is 30.3 Å². The Kier molecular flexibility index (Phi) is 4.75. The number of ketones is 2. The maximum Gasteiger partial charge on any atom is 0.137 e. The summed E-state index contributed by atoms with van der Waals surface area (Å²) in [6.07, 6.45) is 1.74. The van der Waals surface area contributed by atoms with Gasteiger partial charge in [-0.1, -0.05) is 37.3 Å². The van der Waals surface area contributed by atoms with Crippen LogP contribution in [0, 0.1) is 0 Å². The van der Waals surface area contributed by atoms with Crippen LogP contribution in [0.25, 0.3) is 0 Å². The van der Waals surface area contributed by atoms with Crippen molar-refractivity contribution < 1.29 is 9.59 Å². The first kappa shape index (κ1) is 11.6. The molecule has 0 amide bonds. The number of carbonyl (C=O) groups is 2. The monoisotopic (exact) mass is 204 g/mol. The smallest absolute Gasteiger partial charge is 0.137 e. The van der Waals surface area contributed by atoms with E-state index in [1.807, 2.05) is 37.3 Å². The second-order valence-electron chi connectivity index (χ2n) is 3.59. The zero-order valence-corrected chi connectivity index (χ0v) is 9.03. The molecule has 0 bridgehead atoms. The van der Waals surface area contributed by atoms with Crippen LogP contribution in [0.4, 0.5) is 0 Å². The average molecular weight is 204 g/mol. The van der Waals surface area contributed by atoms with Crippen molar-refractivity contribution in [3.63, 3.8) is 0 Å². The Morgan fingerprint density at radius 2 is 1.60 bits per heavy atom. The summed E-state index contributed by atoms with van der Waals surface area (Å²) in [7, 11) is 0. The highest BCUT2D eigenvalue weighted by Crippen LogP contribution is 2.04. The van der Waals surface area contributed by atoms with Gasteiger partial charge in [-0.15, -0.1) is 0 Å². The van der Waals surface area contributed by atoms with E-state index in [0.717, 1.165) is 5.56 Å². The minimum Gasteiger partial charge on any atom is -0.300 e. The van der Waals surface area contributed by atoms with Crippen molar-refractivity contribution in [1.29, 1.82) is 0 Å². The summed E-state index contributed by atoms with van der Waals surface area (Å²) in [5.74, 6) is 0.305. The summed E-state index contributed by atoms with van der Waals surface area (Å²) in [4.78, 5) is 22.5. The average Bonchev–Trinajstić information content (AvgIpc) is 2.27. The molecule has 1 aromatic carbocycles. The van der Waals surface area contributed by atoms with E-state index < -0.39 is 0 Å². The molecule has 80 valence electrons. The van der Waals surface area contributed by atoms with Crippen molar-refractivity contribution in [2.45, 2.75) is 32.6 Å². The van der Waals surface area contributed by atoms with Crippen molar-refractivity contribution >= 4 is 11.6 Å². The molecular formula is C13H16O2. The van der Waals surface area contributed by atoms with Gasteiger partial charge in [0.1, 0.15) is 11.6 Å². The largest absolute Gasteiger partial charge is 0.300 e. The van der Waals surface area contributed by atoms with Gasteiger partial charge in [-0.2, -0.15) is 0 Å². The van der Waals surface area contributed by atoms with E-state index >= 15 is 0 Å². The van der Waals surface area contributed by atoms with Crippen LogP contribution in [0.3, 0.4) is 0 Å². The summed E-state index contributed by atoms with van der Waals surface area (Å²) in [6.45, 7) is 1.82. The Bertz CT molecular complexity index is 328. The SMILES string of the molecule is CCC(=O)CCC(=O)Cc1ccccc1. The van der Waals surface area contributed by atoms with Crippen molar-refractivity contribution in [3.8, 4) is 0 Å². The van der Waals surface area contributed by atoms with Crippen LogP contribution in [0.5, 0.6) is 0 Å². The molecule has 0 aliphatic carbocycles. The topological polar surface area (TPSA) is 34.1 Å². The predicted octanol–water partition coefficient (Wildman–Crippen LogP) is 2.56. The van der Waals surface area contributed by atoms with Gasteiger partial charge in [0.05, 0.1) is 0 Å². The van der Waals surface area contributed by atoms with Crippen LogP contribution in [-0.2, 0) is 16.0 Å². The van der Waals surface area contributed by atoms with Crippen LogP contribution < -0.4 is 0 Å². The van der Waals surface area contributed by atoms with Gasteiger partial charge < -0.3 is 0 Å². The summed E-state index contributed by atoms with van der Waals surface area (Å²) in [5.41, 5.74) is 1.02. The van der Waals surface area contributed by atoms with Gasteiger partial charge in [-0.25, -0.2) is 0 Å².